The summed E-state index contributed by atoms with van der Waals surface area (Å²) in [6, 6.07) is 5.97. The Morgan fingerprint density at radius 3 is 2.94 bits per heavy atom. The molecule has 1 aromatic rings. The Labute approximate surface area is 115 Å². The minimum absolute atomic E-state index is 0.150. The lowest BCUT2D eigenvalue weighted by molar-refractivity contribution is -0.385. The molecule has 98 valence electrons. The molecule has 5 heteroatoms. The van der Waals surface area contributed by atoms with E-state index in [1.807, 2.05) is 6.07 Å². The third-order valence-corrected chi connectivity index (χ3v) is 4.20. The highest BCUT2D eigenvalue weighted by molar-refractivity contribution is 9.10. The summed E-state index contributed by atoms with van der Waals surface area (Å²) in [4.78, 5) is 13.0. The Hall–Kier alpha value is -0.940. The van der Waals surface area contributed by atoms with Crippen LogP contribution in [-0.4, -0.2) is 22.4 Å². The Morgan fingerprint density at radius 2 is 2.28 bits per heavy atom. The van der Waals surface area contributed by atoms with E-state index in [0.29, 0.717) is 10.5 Å². The van der Waals surface area contributed by atoms with Gasteiger partial charge in [-0.2, -0.15) is 0 Å². The van der Waals surface area contributed by atoms with Crippen LogP contribution in [0.3, 0.4) is 0 Å². The van der Waals surface area contributed by atoms with Gasteiger partial charge >= 0.3 is 0 Å². The number of benzene rings is 1. The van der Waals surface area contributed by atoms with Crippen molar-refractivity contribution in [3.63, 3.8) is 0 Å². The van der Waals surface area contributed by atoms with Crippen molar-refractivity contribution in [1.29, 1.82) is 0 Å². The molecule has 0 aliphatic carbocycles. The Balaban J connectivity index is 2.14. The van der Waals surface area contributed by atoms with E-state index in [1.165, 1.54) is 19.3 Å². The third kappa shape index (κ3) is 3.09. The number of halogens is 1. The highest BCUT2D eigenvalue weighted by Gasteiger charge is 2.19. The second-order valence-electron chi connectivity index (χ2n) is 4.86. The number of likely N-dealkylation sites (tertiary alicyclic amines) is 1. The topological polar surface area (TPSA) is 46.4 Å². The normalized spacial score (nSPS) is 20.9. The molecular formula is C13H17BrN2O2. The van der Waals surface area contributed by atoms with Crippen LogP contribution in [0.25, 0.3) is 0 Å². The molecule has 1 aliphatic rings. The van der Waals surface area contributed by atoms with Crippen LogP contribution in [0.1, 0.15) is 31.7 Å². The van der Waals surface area contributed by atoms with Crippen molar-refractivity contribution in [3.05, 3.63) is 38.3 Å². The average Bonchev–Trinajstić information content (AvgIpc) is 2.34. The first-order valence-corrected chi connectivity index (χ1v) is 7.04. The van der Waals surface area contributed by atoms with Crippen molar-refractivity contribution in [1.82, 2.24) is 4.90 Å². The van der Waals surface area contributed by atoms with Gasteiger partial charge in [-0.05, 0) is 53.9 Å². The van der Waals surface area contributed by atoms with Crippen molar-refractivity contribution >= 4 is 21.6 Å². The zero-order chi connectivity index (χ0) is 13.1. The number of rotatable bonds is 3. The fraction of sp³-hybridized carbons (Fsp3) is 0.538. The summed E-state index contributed by atoms with van der Waals surface area (Å²) in [7, 11) is 0. The number of nitro benzene ring substituents is 1. The number of nitro groups is 1. The van der Waals surface area contributed by atoms with Crippen molar-refractivity contribution in [2.45, 2.75) is 38.8 Å². The highest BCUT2D eigenvalue weighted by Crippen LogP contribution is 2.27. The average molecular weight is 313 g/mol. The molecular weight excluding hydrogens is 296 g/mol. The largest absolute Gasteiger partial charge is 0.296 e. The number of hydrogen-bond donors (Lipinski definition) is 0. The zero-order valence-corrected chi connectivity index (χ0v) is 12.0. The van der Waals surface area contributed by atoms with Gasteiger partial charge < -0.3 is 0 Å². The molecule has 0 amide bonds. The van der Waals surface area contributed by atoms with E-state index in [4.69, 9.17) is 0 Å². The number of piperidine rings is 1. The van der Waals surface area contributed by atoms with Gasteiger partial charge in [0, 0.05) is 18.7 Å². The molecule has 0 N–H and O–H groups in total. The molecule has 0 bridgehead atoms. The van der Waals surface area contributed by atoms with Crippen molar-refractivity contribution < 1.29 is 4.92 Å². The number of nitrogens with zero attached hydrogens (tertiary/aromatic N) is 2. The maximum atomic E-state index is 10.9. The van der Waals surface area contributed by atoms with Crippen LogP contribution in [0, 0.1) is 10.1 Å². The quantitative estimate of drug-likeness (QED) is 0.631. The lowest BCUT2D eigenvalue weighted by atomic mass is 10.0. The predicted octanol–water partition coefficient (Wildman–Crippen LogP) is 3.73. The van der Waals surface area contributed by atoms with Crippen LogP contribution in [0.5, 0.6) is 0 Å². The van der Waals surface area contributed by atoms with Crippen LogP contribution >= 0.6 is 15.9 Å². The monoisotopic (exact) mass is 312 g/mol. The molecule has 1 atom stereocenters. The first-order valence-electron chi connectivity index (χ1n) is 6.25. The Morgan fingerprint density at radius 1 is 1.50 bits per heavy atom. The number of hydrogen-bond acceptors (Lipinski definition) is 3. The van der Waals surface area contributed by atoms with E-state index in [9.17, 15) is 10.1 Å². The molecule has 1 fully saturated rings. The summed E-state index contributed by atoms with van der Waals surface area (Å²) in [6.07, 6.45) is 3.74. The summed E-state index contributed by atoms with van der Waals surface area (Å²) in [6.45, 7) is 4.12. The molecule has 2 rings (SSSR count). The summed E-state index contributed by atoms with van der Waals surface area (Å²) in [5.74, 6) is 0. The Kier molecular flexibility index (Phi) is 4.35. The SMILES string of the molecule is CC1CCCCN1Cc1ccc(Br)c([N+](=O)[O-])c1. The minimum atomic E-state index is -0.340. The molecule has 1 saturated heterocycles. The summed E-state index contributed by atoms with van der Waals surface area (Å²) >= 11 is 3.21. The van der Waals surface area contributed by atoms with E-state index in [-0.39, 0.29) is 10.6 Å². The van der Waals surface area contributed by atoms with Gasteiger partial charge in [0.2, 0.25) is 0 Å². The molecule has 0 spiro atoms. The van der Waals surface area contributed by atoms with E-state index >= 15 is 0 Å². The lowest BCUT2D eigenvalue weighted by Gasteiger charge is -2.33. The molecule has 1 unspecified atom stereocenters. The van der Waals surface area contributed by atoms with Crippen LogP contribution in [0.15, 0.2) is 22.7 Å². The van der Waals surface area contributed by atoms with Gasteiger partial charge in [0.1, 0.15) is 0 Å². The fourth-order valence-corrected chi connectivity index (χ4v) is 2.81. The van der Waals surface area contributed by atoms with Gasteiger partial charge in [-0.25, -0.2) is 0 Å². The Bertz CT molecular complexity index is 451. The molecule has 4 nitrogen and oxygen atoms in total. The molecule has 0 aromatic heterocycles. The second-order valence-corrected chi connectivity index (χ2v) is 5.71. The maximum absolute atomic E-state index is 10.9. The zero-order valence-electron chi connectivity index (χ0n) is 10.4. The molecule has 1 aliphatic heterocycles. The summed E-state index contributed by atoms with van der Waals surface area (Å²) in [5, 5.41) is 10.9. The van der Waals surface area contributed by atoms with Crippen LogP contribution in [0.2, 0.25) is 0 Å². The van der Waals surface area contributed by atoms with E-state index in [0.717, 1.165) is 18.7 Å². The molecule has 1 heterocycles. The molecule has 0 radical (unpaired) electrons. The predicted molar refractivity (Wildman–Crippen MR) is 74.5 cm³/mol. The third-order valence-electron chi connectivity index (χ3n) is 3.53. The highest BCUT2D eigenvalue weighted by atomic mass is 79.9. The van der Waals surface area contributed by atoms with Crippen molar-refractivity contribution in [2.75, 3.05) is 6.54 Å². The molecule has 0 saturated carbocycles. The fourth-order valence-electron chi connectivity index (χ4n) is 2.42. The minimum Gasteiger partial charge on any atom is -0.296 e. The van der Waals surface area contributed by atoms with Crippen molar-refractivity contribution in [3.8, 4) is 0 Å². The summed E-state index contributed by atoms with van der Waals surface area (Å²) in [5.41, 5.74) is 1.16. The maximum Gasteiger partial charge on any atom is 0.283 e. The molecule has 1 aromatic carbocycles. The lowest BCUT2D eigenvalue weighted by Crippen LogP contribution is -2.36. The second kappa shape index (κ2) is 5.80. The van der Waals surface area contributed by atoms with E-state index < -0.39 is 0 Å². The van der Waals surface area contributed by atoms with Crippen LogP contribution in [0.4, 0.5) is 5.69 Å². The van der Waals surface area contributed by atoms with E-state index in [2.05, 4.69) is 27.8 Å². The van der Waals surface area contributed by atoms with E-state index in [1.54, 1.807) is 12.1 Å². The van der Waals surface area contributed by atoms with Gasteiger partial charge in [-0.3, -0.25) is 15.0 Å². The standard InChI is InChI=1S/C13H17BrN2O2/c1-10-4-2-3-7-15(10)9-11-5-6-12(14)13(8-11)16(17)18/h5-6,8,10H,2-4,7,9H2,1H3. The first-order chi connectivity index (χ1) is 8.58. The summed E-state index contributed by atoms with van der Waals surface area (Å²) < 4.78 is 0.544. The van der Waals surface area contributed by atoms with Crippen LogP contribution < -0.4 is 0 Å². The first kappa shape index (κ1) is 13.5. The van der Waals surface area contributed by atoms with Crippen LogP contribution in [-0.2, 0) is 6.54 Å². The van der Waals surface area contributed by atoms with Gasteiger partial charge in [0.15, 0.2) is 0 Å². The van der Waals surface area contributed by atoms with Gasteiger partial charge in [0.05, 0.1) is 9.40 Å². The van der Waals surface area contributed by atoms with Gasteiger partial charge in [0.25, 0.3) is 5.69 Å². The molecule has 18 heavy (non-hydrogen) atoms. The van der Waals surface area contributed by atoms with Gasteiger partial charge in [-0.15, -0.1) is 0 Å². The van der Waals surface area contributed by atoms with Gasteiger partial charge in [-0.1, -0.05) is 12.5 Å². The smallest absolute Gasteiger partial charge is 0.283 e. The van der Waals surface area contributed by atoms with Crippen molar-refractivity contribution in [2.24, 2.45) is 0 Å².